The van der Waals surface area contributed by atoms with E-state index in [2.05, 4.69) is 10.0 Å². The summed E-state index contributed by atoms with van der Waals surface area (Å²) in [4.78, 5) is 14.1. The molecule has 0 aromatic heterocycles. The van der Waals surface area contributed by atoms with Crippen molar-refractivity contribution in [2.24, 2.45) is 0 Å². The molecule has 0 spiro atoms. The summed E-state index contributed by atoms with van der Waals surface area (Å²) in [5, 5.41) is 2.73. The first kappa shape index (κ1) is 21.1. The molecule has 1 heterocycles. The molecule has 0 aliphatic carbocycles. The maximum absolute atomic E-state index is 12.6. The number of sulfonamides is 1. The quantitative estimate of drug-likeness (QED) is 0.770. The maximum Gasteiger partial charge on any atom is 0.416 e. The molecule has 156 valence electrons. The SMILES string of the molecule is CNS(=O)(=O)c1ccc2c(c1)N(C(=O)NCCc1ccc(C(F)(F)F)cc1)CC2. The van der Waals surface area contributed by atoms with Crippen LogP contribution in [-0.2, 0) is 29.0 Å². The van der Waals surface area contributed by atoms with Crippen molar-refractivity contribution in [3.05, 3.63) is 59.2 Å². The Morgan fingerprint density at radius 3 is 2.45 bits per heavy atom. The zero-order chi connectivity index (χ0) is 21.2. The van der Waals surface area contributed by atoms with Crippen molar-refractivity contribution < 1.29 is 26.4 Å². The molecule has 2 aromatic carbocycles. The Hall–Kier alpha value is -2.59. The second kappa shape index (κ2) is 8.03. The summed E-state index contributed by atoms with van der Waals surface area (Å²) in [6.45, 7) is 0.662. The van der Waals surface area contributed by atoms with Gasteiger partial charge in [-0.2, -0.15) is 13.2 Å². The lowest BCUT2D eigenvalue weighted by Gasteiger charge is -2.19. The molecule has 0 atom stereocenters. The zero-order valence-corrected chi connectivity index (χ0v) is 16.4. The summed E-state index contributed by atoms with van der Waals surface area (Å²) < 4.78 is 64.0. The van der Waals surface area contributed by atoms with Crippen molar-refractivity contribution in [1.29, 1.82) is 0 Å². The van der Waals surface area contributed by atoms with E-state index < -0.39 is 21.8 Å². The van der Waals surface area contributed by atoms with Crippen LogP contribution in [0.1, 0.15) is 16.7 Å². The number of nitrogens with zero attached hydrogens (tertiary/aromatic N) is 1. The number of carbonyl (C=O) groups excluding carboxylic acids is 1. The van der Waals surface area contributed by atoms with Crippen LogP contribution in [-0.4, -0.2) is 34.6 Å². The molecule has 2 N–H and O–H groups in total. The van der Waals surface area contributed by atoms with E-state index >= 15 is 0 Å². The van der Waals surface area contributed by atoms with Crippen LogP contribution in [0.5, 0.6) is 0 Å². The van der Waals surface area contributed by atoms with Gasteiger partial charge in [-0.25, -0.2) is 17.9 Å². The smallest absolute Gasteiger partial charge is 0.337 e. The molecule has 1 aliphatic heterocycles. The van der Waals surface area contributed by atoms with E-state index in [1.54, 1.807) is 6.07 Å². The van der Waals surface area contributed by atoms with Crippen LogP contribution in [0.2, 0.25) is 0 Å². The van der Waals surface area contributed by atoms with Crippen LogP contribution in [0.15, 0.2) is 47.4 Å². The number of rotatable bonds is 5. The average Bonchev–Trinajstić information content (AvgIpc) is 3.11. The van der Waals surface area contributed by atoms with Crippen LogP contribution >= 0.6 is 0 Å². The number of urea groups is 1. The fourth-order valence-electron chi connectivity index (χ4n) is 3.12. The molecule has 2 aromatic rings. The summed E-state index contributed by atoms with van der Waals surface area (Å²) in [5.41, 5.74) is 1.36. The molecule has 29 heavy (non-hydrogen) atoms. The number of benzene rings is 2. The molecule has 0 unspecified atom stereocenters. The van der Waals surface area contributed by atoms with Gasteiger partial charge in [0.2, 0.25) is 10.0 Å². The molecule has 0 fully saturated rings. The van der Waals surface area contributed by atoms with E-state index in [1.807, 2.05) is 0 Å². The molecule has 2 amide bonds. The minimum absolute atomic E-state index is 0.0724. The van der Waals surface area contributed by atoms with Gasteiger partial charge < -0.3 is 5.32 Å². The van der Waals surface area contributed by atoms with E-state index in [9.17, 15) is 26.4 Å². The highest BCUT2D eigenvalue weighted by atomic mass is 32.2. The van der Waals surface area contributed by atoms with Gasteiger partial charge >= 0.3 is 12.2 Å². The molecule has 0 bridgehead atoms. The summed E-state index contributed by atoms with van der Waals surface area (Å²) in [6.07, 6.45) is -3.39. The van der Waals surface area contributed by atoms with Crippen LogP contribution in [0, 0.1) is 0 Å². The molecule has 3 rings (SSSR count). The zero-order valence-electron chi connectivity index (χ0n) is 15.6. The maximum atomic E-state index is 12.6. The number of amides is 2. The van der Waals surface area contributed by atoms with E-state index in [0.29, 0.717) is 30.6 Å². The lowest BCUT2D eigenvalue weighted by molar-refractivity contribution is -0.137. The first-order valence-corrected chi connectivity index (χ1v) is 10.4. The first-order valence-electron chi connectivity index (χ1n) is 8.90. The van der Waals surface area contributed by atoms with Crippen LogP contribution in [0.25, 0.3) is 0 Å². The van der Waals surface area contributed by atoms with E-state index in [0.717, 1.165) is 17.7 Å². The number of carbonyl (C=O) groups is 1. The van der Waals surface area contributed by atoms with Crippen molar-refractivity contribution in [2.75, 3.05) is 25.0 Å². The van der Waals surface area contributed by atoms with Gasteiger partial charge in [-0.15, -0.1) is 0 Å². The van der Waals surface area contributed by atoms with Gasteiger partial charge in [-0.1, -0.05) is 18.2 Å². The van der Waals surface area contributed by atoms with Gasteiger partial charge in [0.15, 0.2) is 0 Å². The normalized spacial score (nSPS) is 14.0. The average molecular weight is 427 g/mol. The molecule has 10 heteroatoms. The number of hydrogen-bond acceptors (Lipinski definition) is 3. The highest BCUT2D eigenvalue weighted by molar-refractivity contribution is 7.89. The molecule has 0 saturated carbocycles. The van der Waals surface area contributed by atoms with Crippen molar-refractivity contribution in [1.82, 2.24) is 10.0 Å². The standard InChI is InChI=1S/C19H20F3N3O3S/c1-23-29(27,28)16-7-4-14-9-11-25(17(14)12-16)18(26)24-10-8-13-2-5-15(6-3-13)19(20,21)22/h2-7,12,23H,8-11H2,1H3,(H,24,26). The third kappa shape index (κ3) is 4.70. The molecule has 6 nitrogen and oxygen atoms in total. The number of alkyl halides is 3. The summed E-state index contributed by atoms with van der Waals surface area (Å²) in [7, 11) is -2.31. The van der Waals surface area contributed by atoms with E-state index in [1.165, 1.54) is 36.2 Å². The number of fused-ring (bicyclic) bond motifs is 1. The first-order chi connectivity index (χ1) is 13.6. The Morgan fingerprint density at radius 2 is 1.83 bits per heavy atom. The molecular weight excluding hydrogens is 407 g/mol. The second-order valence-corrected chi connectivity index (χ2v) is 8.46. The fraction of sp³-hybridized carbons (Fsp3) is 0.316. The van der Waals surface area contributed by atoms with Crippen LogP contribution in [0.3, 0.4) is 0 Å². The topological polar surface area (TPSA) is 78.5 Å². The number of halogens is 3. The fourth-order valence-corrected chi connectivity index (χ4v) is 3.87. The lowest BCUT2D eigenvalue weighted by Crippen LogP contribution is -2.39. The minimum Gasteiger partial charge on any atom is -0.337 e. The highest BCUT2D eigenvalue weighted by Crippen LogP contribution is 2.31. The van der Waals surface area contributed by atoms with Gasteiger partial charge in [0.1, 0.15) is 0 Å². The van der Waals surface area contributed by atoms with Crippen LogP contribution in [0.4, 0.5) is 23.7 Å². The Bertz CT molecular complexity index is 1010. The second-order valence-electron chi connectivity index (χ2n) is 6.58. The van der Waals surface area contributed by atoms with E-state index in [4.69, 9.17) is 0 Å². The van der Waals surface area contributed by atoms with Gasteiger partial charge in [0.25, 0.3) is 0 Å². The summed E-state index contributed by atoms with van der Waals surface area (Å²) in [6, 6.07) is 9.06. The van der Waals surface area contributed by atoms with Crippen molar-refractivity contribution >= 4 is 21.7 Å². The van der Waals surface area contributed by atoms with Crippen LogP contribution < -0.4 is 14.9 Å². The monoisotopic (exact) mass is 427 g/mol. The molecule has 0 radical (unpaired) electrons. The predicted octanol–water partition coefficient (Wildman–Crippen LogP) is 2.93. The largest absolute Gasteiger partial charge is 0.416 e. The lowest BCUT2D eigenvalue weighted by atomic mass is 10.1. The Labute approximate surface area is 166 Å². The minimum atomic E-state index is -4.38. The highest BCUT2D eigenvalue weighted by Gasteiger charge is 2.30. The van der Waals surface area contributed by atoms with Crippen molar-refractivity contribution in [2.45, 2.75) is 23.9 Å². The van der Waals surface area contributed by atoms with Gasteiger partial charge in [0, 0.05) is 13.1 Å². The summed E-state index contributed by atoms with van der Waals surface area (Å²) in [5.74, 6) is 0. The van der Waals surface area contributed by atoms with Gasteiger partial charge in [0.05, 0.1) is 16.1 Å². The van der Waals surface area contributed by atoms with Gasteiger partial charge in [-0.3, -0.25) is 4.90 Å². The number of anilines is 1. The molecular formula is C19H20F3N3O3S. The third-order valence-corrected chi connectivity index (χ3v) is 6.16. The summed E-state index contributed by atoms with van der Waals surface area (Å²) >= 11 is 0. The molecule has 1 aliphatic rings. The third-order valence-electron chi connectivity index (χ3n) is 4.75. The Balaban J connectivity index is 1.62. The van der Waals surface area contributed by atoms with Gasteiger partial charge in [-0.05, 0) is 55.3 Å². The molecule has 0 saturated heterocycles. The Morgan fingerprint density at radius 1 is 1.14 bits per heavy atom. The number of hydrogen-bond donors (Lipinski definition) is 2. The van der Waals surface area contributed by atoms with E-state index in [-0.39, 0.29) is 17.5 Å². The number of nitrogens with one attached hydrogen (secondary N) is 2. The van der Waals surface area contributed by atoms with Crippen molar-refractivity contribution in [3.63, 3.8) is 0 Å². The Kier molecular flexibility index (Phi) is 5.85. The predicted molar refractivity (Wildman–Crippen MR) is 102 cm³/mol. The van der Waals surface area contributed by atoms with Crippen molar-refractivity contribution in [3.8, 4) is 0 Å².